The van der Waals surface area contributed by atoms with Crippen molar-refractivity contribution in [2.24, 2.45) is 0 Å². The first-order valence-electron chi connectivity index (χ1n) is 8.77. The Labute approximate surface area is 160 Å². The number of aryl methyl sites for hydroxylation is 3. The molecule has 0 aliphatic rings. The van der Waals surface area contributed by atoms with Crippen molar-refractivity contribution in [3.05, 3.63) is 70.0 Å². The molecule has 0 aliphatic heterocycles. The number of rotatable bonds is 4. The van der Waals surface area contributed by atoms with Crippen LogP contribution in [0.2, 0.25) is 0 Å². The van der Waals surface area contributed by atoms with Crippen molar-refractivity contribution in [1.29, 1.82) is 0 Å². The minimum Gasteiger partial charge on any atom is -0.308 e. The molecule has 2 heterocycles. The van der Waals surface area contributed by atoms with Gasteiger partial charge in [-0.25, -0.2) is 4.98 Å². The van der Waals surface area contributed by atoms with Gasteiger partial charge in [-0.15, -0.1) is 0 Å². The molecular formula is C21H19N3O2S. The first kappa shape index (κ1) is 17.4. The molecule has 6 heteroatoms. The Morgan fingerprint density at radius 1 is 1.15 bits per heavy atom. The van der Waals surface area contributed by atoms with E-state index in [4.69, 9.17) is 0 Å². The van der Waals surface area contributed by atoms with Gasteiger partial charge in [0.05, 0.1) is 15.7 Å². The Balaban J connectivity index is 1.52. The van der Waals surface area contributed by atoms with Crippen molar-refractivity contribution in [3.63, 3.8) is 0 Å². The van der Waals surface area contributed by atoms with Crippen LogP contribution in [-0.2, 0) is 11.3 Å². The van der Waals surface area contributed by atoms with Crippen molar-refractivity contribution in [2.75, 3.05) is 5.32 Å². The van der Waals surface area contributed by atoms with Crippen LogP contribution in [0.25, 0.3) is 21.1 Å². The Morgan fingerprint density at radius 2 is 1.96 bits per heavy atom. The van der Waals surface area contributed by atoms with Crippen molar-refractivity contribution in [1.82, 2.24) is 9.55 Å². The minimum absolute atomic E-state index is 0.0885. The van der Waals surface area contributed by atoms with E-state index in [1.54, 1.807) is 10.6 Å². The fourth-order valence-electron chi connectivity index (χ4n) is 3.21. The van der Waals surface area contributed by atoms with Crippen LogP contribution in [0.15, 0.2) is 53.3 Å². The molecule has 1 amide bonds. The third kappa shape index (κ3) is 3.48. The van der Waals surface area contributed by atoms with Crippen LogP contribution in [0, 0.1) is 13.8 Å². The fraction of sp³-hybridized carbons (Fsp3) is 0.190. The maximum atomic E-state index is 12.4. The molecule has 0 spiro atoms. The summed E-state index contributed by atoms with van der Waals surface area (Å²) in [7, 11) is 0. The molecule has 0 saturated carbocycles. The van der Waals surface area contributed by atoms with Gasteiger partial charge in [0.25, 0.3) is 5.56 Å². The molecule has 0 fully saturated rings. The van der Waals surface area contributed by atoms with Crippen LogP contribution in [0.4, 0.5) is 5.13 Å². The predicted molar refractivity (Wildman–Crippen MR) is 111 cm³/mol. The Morgan fingerprint density at radius 3 is 2.81 bits per heavy atom. The molecule has 0 aliphatic carbocycles. The number of amides is 1. The van der Waals surface area contributed by atoms with Gasteiger partial charge in [0.15, 0.2) is 5.13 Å². The highest BCUT2D eigenvalue weighted by Crippen LogP contribution is 2.26. The summed E-state index contributed by atoms with van der Waals surface area (Å²) in [5, 5.41) is 4.46. The molecule has 2 aromatic carbocycles. The summed E-state index contributed by atoms with van der Waals surface area (Å²) >= 11 is 1.46. The number of hydrogen-bond acceptors (Lipinski definition) is 4. The highest BCUT2D eigenvalue weighted by atomic mass is 32.1. The zero-order chi connectivity index (χ0) is 19.0. The third-order valence-electron chi connectivity index (χ3n) is 4.58. The zero-order valence-electron chi connectivity index (χ0n) is 15.2. The first-order valence-corrected chi connectivity index (χ1v) is 9.59. The quantitative estimate of drug-likeness (QED) is 0.578. The summed E-state index contributed by atoms with van der Waals surface area (Å²) < 4.78 is 2.70. The van der Waals surface area contributed by atoms with Crippen LogP contribution in [0.1, 0.15) is 17.5 Å². The number of fused-ring (bicyclic) bond motifs is 2. The van der Waals surface area contributed by atoms with Crippen LogP contribution in [0.5, 0.6) is 0 Å². The number of carbonyl (C=O) groups excluding carboxylic acids is 1. The average Bonchev–Trinajstić information content (AvgIpc) is 3.02. The van der Waals surface area contributed by atoms with Crippen LogP contribution in [-0.4, -0.2) is 15.5 Å². The number of carbonyl (C=O) groups is 1. The third-order valence-corrected chi connectivity index (χ3v) is 5.51. The second-order valence-electron chi connectivity index (χ2n) is 6.62. The molecule has 0 unspecified atom stereocenters. The summed E-state index contributed by atoms with van der Waals surface area (Å²) in [6, 6.07) is 15.4. The highest BCUT2D eigenvalue weighted by molar-refractivity contribution is 7.22. The van der Waals surface area contributed by atoms with Gasteiger partial charge in [-0.3, -0.25) is 9.59 Å². The van der Waals surface area contributed by atoms with E-state index in [-0.39, 0.29) is 17.9 Å². The fourth-order valence-corrected chi connectivity index (χ4v) is 4.19. The normalized spacial score (nSPS) is 11.2. The van der Waals surface area contributed by atoms with E-state index >= 15 is 0 Å². The Hall–Kier alpha value is -2.99. The molecule has 4 rings (SSSR count). The zero-order valence-corrected chi connectivity index (χ0v) is 16.0. The Kier molecular flexibility index (Phi) is 4.49. The van der Waals surface area contributed by atoms with Crippen molar-refractivity contribution in [2.45, 2.75) is 26.8 Å². The molecule has 0 saturated heterocycles. The van der Waals surface area contributed by atoms with Crippen molar-refractivity contribution >= 4 is 43.5 Å². The Bertz CT molecular complexity index is 1220. The van der Waals surface area contributed by atoms with Gasteiger partial charge < -0.3 is 9.88 Å². The van der Waals surface area contributed by atoms with E-state index in [0.717, 1.165) is 32.2 Å². The SMILES string of the molecule is Cc1ccc2nc(NC(=O)CCn3c(=O)cc(C)c4ccccc43)sc2c1. The van der Waals surface area contributed by atoms with Crippen molar-refractivity contribution < 1.29 is 4.79 Å². The maximum Gasteiger partial charge on any atom is 0.251 e. The highest BCUT2D eigenvalue weighted by Gasteiger charge is 2.11. The van der Waals surface area contributed by atoms with E-state index < -0.39 is 0 Å². The monoisotopic (exact) mass is 377 g/mol. The molecular weight excluding hydrogens is 358 g/mol. The molecule has 136 valence electrons. The van der Waals surface area contributed by atoms with Crippen LogP contribution in [0.3, 0.4) is 0 Å². The summed E-state index contributed by atoms with van der Waals surface area (Å²) in [5.41, 5.74) is 3.75. The van der Waals surface area contributed by atoms with Gasteiger partial charge in [-0.1, -0.05) is 35.6 Å². The lowest BCUT2D eigenvalue weighted by atomic mass is 10.1. The van der Waals surface area contributed by atoms with E-state index in [9.17, 15) is 9.59 Å². The molecule has 0 atom stereocenters. The number of pyridine rings is 1. The number of anilines is 1. The lowest BCUT2D eigenvalue weighted by molar-refractivity contribution is -0.116. The lowest BCUT2D eigenvalue weighted by Crippen LogP contribution is -2.23. The lowest BCUT2D eigenvalue weighted by Gasteiger charge is -2.11. The van der Waals surface area contributed by atoms with Gasteiger partial charge >= 0.3 is 0 Å². The van der Waals surface area contributed by atoms with Gasteiger partial charge in [0.2, 0.25) is 5.91 Å². The maximum absolute atomic E-state index is 12.4. The van der Waals surface area contributed by atoms with Gasteiger partial charge in [-0.2, -0.15) is 0 Å². The first-order chi connectivity index (χ1) is 13.0. The van der Waals surface area contributed by atoms with Gasteiger partial charge in [0, 0.05) is 24.4 Å². The summed E-state index contributed by atoms with van der Waals surface area (Å²) in [6.07, 6.45) is 0.210. The second kappa shape index (κ2) is 6.96. The number of nitrogens with one attached hydrogen (secondary N) is 1. The topological polar surface area (TPSA) is 64.0 Å². The van der Waals surface area contributed by atoms with Gasteiger partial charge in [0.1, 0.15) is 0 Å². The van der Waals surface area contributed by atoms with E-state index in [2.05, 4.69) is 16.4 Å². The number of benzene rings is 2. The number of thiazole rings is 1. The largest absolute Gasteiger partial charge is 0.308 e. The summed E-state index contributed by atoms with van der Waals surface area (Å²) in [6.45, 7) is 4.28. The molecule has 0 radical (unpaired) electrons. The van der Waals surface area contributed by atoms with Crippen molar-refractivity contribution in [3.8, 4) is 0 Å². The molecule has 0 bridgehead atoms. The smallest absolute Gasteiger partial charge is 0.251 e. The van der Waals surface area contributed by atoms with Crippen LogP contribution < -0.4 is 10.9 Å². The van der Waals surface area contributed by atoms with Gasteiger partial charge in [-0.05, 0) is 43.2 Å². The molecule has 2 aromatic heterocycles. The van der Waals surface area contributed by atoms with Crippen LogP contribution >= 0.6 is 11.3 Å². The molecule has 4 aromatic rings. The number of para-hydroxylation sites is 1. The summed E-state index contributed by atoms with van der Waals surface area (Å²) in [5.74, 6) is -0.151. The molecule has 5 nitrogen and oxygen atoms in total. The predicted octanol–water partition coefficient (Wildman–Crippen LogP) is 4.26. The number of nitrogens with zero attached hydrogens (tertiary/aromatic N) is 2. The van der Waals surface area contributed by atoms with E-state index in [1.165, 1.54) is 11.3 Å². The number of aromatic nitrogens is 2. The number of hydrogen-bond donors (Lipinski definition) is 1. The average molecular weight is 377 g/mol. The molecule has 1 N–H and O–H groups in total. The summed E-state index contributed by atoms with van der Waals surface area (Å²) in [4.78, 5) is 29.2. The van der Waals surface area contributed by atoms with E-state index in [1.807, 2.05) is 50.2 Å². The standard InChI is InChI=1S/C21H19N3O2S/c1-13-7-8-16-18(11-13)27-21(22-16)23-19(25)9-10-24-17-6-4-3-5-15(17)14(2)12-20(24)26/h3-8,11-12H,9-10H2,1-2H3,(H,22,23,25). The minimum atomic E-state index is -0.151. The van der Waals surface area contributed by atoms with E-state index in [0.29, 0.717) is 11.7 Å². The molecule has 27 heavy (non-hydrogen) atoms. The second-order valence-corrected chi connectivity index (χ2v) is 7.65.